The Morgan fingerprint density at radius 3 is 2.81 bits per heavy atom. The van der Waals surface area contributed by atoms with E-state index in [-0.39, 0.29) is 5.91 Å². The molecule has 6 nitrogen and oxygen atoms in total. The van der Waals surface area contributed by atoms with Gasteiger partial charge in [0, 0.05) is 29.2 Å². The Hall–Kier alpha value is -3.15. The molecular formula is C20H19N5O. The topological polar surface area (TPSA) is 78.9 Å². The number of nitrogens with one attached hydrogen (secondary N) is 3. The van der Waals surface area contributed by atoms with Gasteiger partial charge in [-0.2, -0.15) is 4.98 Å². The Bertz CT molecular complexity index is 1010. The highest BCUT2D eigenvalue weighted by atomic mass is 16.1. The highest BCUT2D eigenvalue weighted by Crippen LogP contribution is 2.30. The first-order valence-electron chi connectivity index (χ1n) is 8.98. The number of aryl methyl sites for hydroxylation is 1. The molecule has 0 bridgehead atoms. The second kappa shape index (κ2) is 5.98. The lowest BCUT2D eigenvalue weighted by molar-refractivity contribution is -0.116. The number of aromatic nitrogens is 2. The molecule has 0 radical (unpaired) electrons. The van der Waals surface area contributed by atoms with E-state index in [4.69, 9.17) is 4.98 Å². The number of hydrogen-bond acceptors (Lipinski definition) is 5. The van der Waals surface area contributed by atoms with Crippen LogP contribution in [0.1, 0.15) is 24.8 Å². The average molecular weight is 345 g/mol. The van der Waals surface area contributed by atoms with Gasteiger partial charge >= 0.3 is 0 Å². The van der Waals surface area contributed by atoms with E-state index < -0.39 is 0 Å². The van der Waals surface area contributed by atoms with E-state index in [0.29, 0.717) is 18.4 Å². The minimum absolute atomic E-state index is 0.0758. The average Bonchev–Trinajstić information content (AvgIpc) is 3.46. The molecule has 6 heteroatoms. The van der Waals surface area contributed by atoms with E-state index in [0.717, 1.165) is 40.1 Å². The van der Waals surface area contributed by atoms with Gasteiger partial charge in [-0.3, -0.25) is 4.79 Å². The first-order valence-corrected chi connectivity index (χ1v) is 8.98. The maximum absolute atomic E-state index is 11.5. The summed E-state index contributed by atoms with van der Waals surface area (Å²) in [4.78, 5) is 20.9. The zero-order valence-corrected chi connectivity index (χ0v) is 14.2. The standard InChI is InChI=1S/C20H19N5O/c26-18-10-5-12-11-14(8-9-16(12)23-18)22-20-24-17-4-2-1-3-15(17)19(25-20)21-13-6-7-13/h1-4,8-9,11,13H,5-7,10H2,(H,23,26)(H2,21,22,24,25). The van der Waals surface area contributed by atoms with Gasteiger partial charge in [-0.15, -0.1) is 0 Å². The molecule has 1 fully saturated rings. The van der Waals surface area contributed by atoms with Gasteiger partial charge in [-0.05, 0) is 55.2 Å². The number of para-hydroxylation sites is 1. The zero-order chi connectivity index (χ0) is 17.5. The molecule has 0 unspecified atom stereocenters. The minimum atomic E-state index is 0.0758. The Morgan fingerprint density at radius 2 is 1.92 bits per heavy atom. The third kappa shape index (κ3) is 2.94. The van der Waals surface area contributed by atoms with E-state index in [9.17, 15) is 4.79 Å². The fourth-order valence-corrected chi connectivity index (χ4v) is 3.25. The summed E-state index contributed by atoms with van der Waals surface area (Å²) in [5.41, 5.74) is 3.86. The van der Waals surface area contributed by atoms with Crippen molar-refractivity contribution in [3.63, 3.8) is 0 Å². The van der Waals surface area contributed by atoms with Crippen LogP contribution in [0.4, 0.5) is 23.1 Å². The number of amides is 1. The molecular weight excluding hydrogens is 326 g/mol. The summed E-state index contributed by atoms with van der Waals surface area (Å²) in [6, 6.07) is 14.5. The van der Waals surface area contributed by atoms with Gasteiger partial charge in [0.2, 0.25) is 11.9 Å². The van der Waals surface area contributed by atoms with Crippen molar-refractivity contribution in [3.05, 3.63) is 48.0 Å². The number of nitrogens with zero attached hydrogens (tertiary/aromatic N) is 2. The fourth-order valence-electron chi connectivity index (χ4n) is 3.25. The molecule has 3 N–H and O–H groups in total. The molecule has 3 aromatic rings. The van der Waals surface area contributed by atoms with E-state index in [1.165, 1.54) is 12.8 Å². The molecule has 5 rings (SSSR count). The summed E-state index contributed by atoms with van der Waals surface area (Å²) >= 11 is 0. The summed E-state index contributed by atoms with van der Waals surface area (Å²) in [5.74, 6) is 1.53. The van der Waals surface area contributed by atoms with Gasteiger partial charge in [0.1, 0.15) is 5.82 Å². The molecule has 2 aromatic carbocycles. The molecule has 1 aliphatic carbocycles. The number of anilines is 4. The fraction of sp³-hybridized carbons (Fsp3) is 0.250. The number of fused-ring (bicyclic) bond motifs is 2. The van der Waals surface area contributed by atoms with E-state index in [1.54, 1.807) is 0 Å². The van der Waals surface area contributed by atoms with Crippen LogP contribution in [-0.4, -0.2) is 21.9 Å². The van der Waals surface area contributed by atoms with Crippen LogP contribution in [0.3, 0.4) is 0 Å². The lowest BCUT2D eigenvalue weighted by Crippen LogP contribution is -2.18. The molecule has 1 saturated carbocycles. The molecule has 1 amide bonds. The summed E-state index contributed by atoms with van der Waals surface area (Å²) in [6.07, 6.45) is 3.66. The van der Waals surface area contributed by atoms with Crippen LogP contribution in [-0.2, 0) is 11.2 Å². The predicted molar refractivity (Wildman–Crippen MR) is 103 cm³/mol. The lowest BCUT2D eigenvalue weighted by Gasteiger charge is -2.18. The third-order valence-electron chi connectivity index (χ3n) is 4.78. The summed E-state index contributed by atoms with van der Waals surface area (Å²) in [5, 5.41) is 10.8. The number of hydrogen-bond donors (Lipinski definition) is 3. The van der Waals surface area contributed by atoms with E-state index in [2.05, 4.69) is 27.0 Å². The third-order valence-corrected chi connectivity index (χ3v) is 4.78. The molecule has 130 valence electrons. The van der Waals surface area contributed by atoms with E-state index in [1.807, 2.05) is 36.4 Å². The van der Waals surface area contributed by atoms with Gasteiger partial charge in [0.25, 0.3) is 0 Å². The molecule has 0 spiro atoms. The number of carbonyl (C=O) groups excluding carboxylic acids is 1. The highest BCUT2D eigenvalue weighted by Gasteiger charge is 2.23. The molecule has 2 aliphatic rings. The van der Waals surface area contributed by atoms with Crippen LogP contribution in [0.25, 0.3) is 10.9 Å². The SMILES string of the molecule is O=C1CCc2cc(Nc3nc(NC4CC4)c4ccccc4n3)ccc2N1. The maximum Gasteiger partial charge on any atom is 0.229 e. The normalized spacial score (nSPS) is 16.1. The first kappa shape index (κ1) is 15.1. The molecule has 0 atom stereocenters. The van der Waals surface area contributed by atoms with Crippen LogP contribution >= 0.6 is 0 Å². The van der Waals surface area contributed by atoms with Crippen molar-refractivity contribution in [2.24, 2.45) is 0 Å². The Morgan fingerprint density at radius 1 is 1.04 bits per heavy atom. The molecule has 1 aliphatic heterocycles. The smallest absolute Gasteiger partial charge is 0.229 e. The van der Waals surface area contributed by atoms with Crippen molar-refractivity contribution < 1.29 is 4.79 Å². The second-order valence-corrected chi connectivity index (χ2v) is 6.88. The first-order chi connectivity index (χ1) is 12.7. The number of benzene rings is 2. The van der Waals surface area contributed by atoms with Gasteiger partial charge < -0.3 is 16.0 Å². The second-order valence-electron chi connectivity index (χ2n) is 6.88. The largest absolute Gasteiger partial charge is 0.367 e. The van der Waals surface area contributed by atoms with Gasteiger partial charge in [-0.1, -0.05) is 12.1 Å². The maximum atomic E-state index is 11.5. The van der Waals surface area contributed by atoms with Crippen LogP contribution in [0.2, 0.25) is 0 Å². The number of carbonyl (C=O) groups is 1. The van der Waals surface area contributed by atoms with Crippen molar-refractivity contribution in [1.82, 2.24) is 9.97 Å². The molecule has 1 aromatic heterocycles. The van der Waals surface area contributed by atoms with Gasteiger partial charge in [0.05, 0.1) is 5.52 Å². The quantitative estimate of drug-likeness (QED) is 0.670. The summed E-state index contributed by atoms with van der Waals surface area (Å²) < 4.78 is 0. The van der Waals surface area contributed by atoms with Crippen LogP contribution in [0, 0.1) is 0 Å². The lowest BCUT2D eigenvalue weighted by atomic mass is 10.0. The van der Waals surface area contributed by atoms with Gasteiger partial charge in [-0.25, -0.2) is 4.98 Å². The van der Waals surface area contributed by atoms with Crippen molar-refractivity contribution in [2.45, 2.75) is 31.7 Å². The van der Waals surface area contributed by atoms with Crippen LogP contribution in [0.15, 0.2) is 42.5 Å². The number of rotatable bonds is 4. The summed E-state index contributed by atoms with van der Waals surface area (Å²) in [6.45, 7) is 0. The van der Waals surface area contributed by atoms with E-state index >= 15 is 0 Å². The Labute approximate surface area is 151 Å². The van der Waals surface area contributed by atoms with Crippen LogP contribution < -0.4 is 16.0 Å². The monoisotopic (exact) mass is 345 g/mol. The molecule has 0 saturated heterocycles. The van der Waals surface area contributed by atoms with Crippen molar-refractivity contribution in [2.75, 3.05) is 16.0 Å². The van der Waals surface area contributed by atoms with Crippen molar-refractivity contribution in [1.29, 1.82) is 0 Å². The Balaban J connectivity index is 1.48. The Kier molecular flexibility index (Phi) is 3.48. The van der Waals surface area contributed by atoms with Crippen molar-refractivity contribution in [3.8, 4) is 0 Å². The summed E-state index contributed by atoms with van der Waals surface area (Å²) in [7, 11) is 0. The highest BCUT2D eigenvalue weighted by molar-refractivity contribution is 5.94. The molecule has 2 heterocycles. The van der Waals surface area contributed by atoms with Crippen LogP contribution in [0.5, 0.6) is 0 Å². The minimum Gasteiger partial charge on any atom is -0.367 e. The zero-order valence-electron chi connectivity index (χ0n) is 14.2. The molecule has 26 heavy (non-hydrogen) atoms. The van der Waals surface area contributed by atoms with Gasteiger partial charge in [0.15, 0.2) is 0 Å². The predicted octanol–water partition coefficient (Wildman–Crippen LogP) is 3.83. The van der Waals surface area contributed by atoms with Crippen molar-refractivity contribution >= 4 is 40.0 Å².